The maximum absolute atomic E-state index is 12.6. The number of carbonyl (C=O) groups is 2. The van der Waals surface area contributed by atoms with Crippen molar-refractivity contribution < 1.29 is 23.5 Å². The molecule has 0 saturated carbocycles. The molecule has 0 fully saturated rings. The van der Waals surface area contributed by atoms with Gasteiger partial charge in [-0.05, 0) is 42.2 Å². The SMILES string of the molecule is CCc1ccc(-c2csc(NC(=O)COc3ccc4c(C)cc(=O)oc4c3)c2C(=O)OC)cc1. The first-order chi connectivity index (χ1) is 16.4. The van der Waals surface area contributed by atoms with E-state index in [2.05, 4.69) is 12.2 Å². The summed E-state index contributed by atoms with van der Waals surface area (Å²) in [5.74, 6) is -0.592. The number of rotatable bonds is 7. The van der Waals surface area contributed by atoms with Gasteiger partial charge in [0.05, 0.1) is 7.11 Å². The third-order valence-electron chi connectivity index (χ3n) is 5.40. The Hall–Kier alpha value is -3.91. The fraction of sp³-hybridized carbons (Fsp3) is 0.192. The molecule has 7 nitrogen and oxygen atoms in total. The normalized spacial score (nSPS) is 10.8. The van der Waals surface area contributed by atoms with E-state index in [0.717, 1.165) is 22.9 Å². The average Bonchev–Trinajstić information content (AvgIpc) is 3.25. The van der Waals surface area contributed by atoms with Crippen LogP contribution >= 0.6 is 11.3 Å². The number of aryl methyl sites for hydroxylation is 2. The maximum Gasteiger partial charge on any atom is 0.341 e. The van der Waals surface area contributed by atoms with E-state index < -0.39 is 17.5 Å². The highest BCUT2D eigenvalue weighted by Crippen LogP contribution is 2.36. The van der Waals surface area contributed by atoms with Crippen LogP contribution in [0.15, 0.2) is 63.1 Å². The number of methoxy groups -OCH3 is 1. The van der Waals surface area contributed by atoms with Gasteiger partial charge in [-0.3, -0.25) is 4.79 Å². The van der Waals surface area contributed by atoms with Crippen molar-refractivity contribution >= 4 is 39.2 Å². The molecular weight excluding hydrogens is 454 g/mol. The van der Waals surface area contributed by atoms with Gasteiger partial charge in [0.2, 0.25) is 0 Å². The lowest BCUT2D eigenvalue weighted by Crippen LogP contribution is -2.21. The lowest BCUT2D eigenvalue weighted by Gasteiger charge is -2.10. The summed E-state index contributed by atoms with van der Waals surface area (Å²) in [7, 11) is 1.30. The Labute approximate surface area is 199 Å². The quantitative estimate of drug-likeness (QED) is 0.291. The monoisotopic (exact) mass is 477 g/mol. The maximum atomic E-state index is 12.6. The lowest BCUT2D eigenvalue weighted by atomic mass is 10.0. The molecule has 2 aromatic heterocycles. The predicted octanol–water partition coefficient (Wildman–Crippen LogP) is 5.20. The summed E-state index contributed by atoms with van der Waals surface area (Å²) in [6.07, 6.45) is 0.915. The Bertz CT molecular complexity index is 1420. The first-order valence-corrected chi connectivity index (χ1v) is 11.5. The molecule has 0 aliphatic rings. The number of nitrogens with one attached hydrogen (secondary N) is 1. The van der Waals surface area contributed by atoms with Gasteiger partial charge in [-0.1, -0.05) is 31.2 Å². The minimum atomic E-state index is -0.535. The topological polar surface area (TPSA) is 94.8 Å². The minimum absolute atomic E-state index is 0.291. The summed E-state index contributed by atoms with van der Waals surface area (Å²) in [5.41, 5.74) is 3.76. The van der Waals surface area contributed by atoms with Crippen molar-refractivity contribution in [3.63, 3.8) is 0 Å². The zero-order valence-electron chi connectivity index (χ0n) is 19.0. The summed E-state index contributed by atoms with van der Waals surface area (Å²) in [4.78, 5) is 36.7. The molecule has 0 bridgehead atoms. The second-order valence-corrected chi connectivity index (χ2v) is 8.52. The molecule has 0 aliphatic carbocycles. The second-order valence-electron chi connectivity index (χ2n) is 7.64. The molecule has 2 heterocycles. The van der Waals surface area contributed by atoms with E-state index in [1.54, 1.807) is 18.2 Å². The van der Waals surface area contributed by atoms with Crippen molar-refractivity contribution in [2.45, 2.75) is 20.3 Å². The third-order valence-corrected chi connectivity index (χ3v) is 6.29. The standard InChI is InChI=1S/C26H23NO6S/c1-4-16-5-7-17(8-6-16)20-14-34-25(24(20)26(30)31-3)27-22(28)13-32-18-9-10-19-15(2)11-23(29)33-21(19)12-18/h5-12,14H,4,13H2,1-3H3,(H,27,28). The summed E-state index contributed by atoms with van der Waals surface area (Å²) in [6, 6.07) is 14.4. The molecule has 4 rings (SSSR count). The van der Waals surface area contributed by atoms with Crippen LogP contribution in [-0.4, -0.2) is 25.6 Å². The fourth-order valence-corrected chi connectivity index (χ4v) is 4.57. The molecule has 0 saturated heterocycles. The van der Waals surface area contributed by atoms with Crippen LogP contribution in [0, 0.1) is 6.92 Å². The molecule has 0 radical (unpaired) electrons. The Morgan fingerprint density at radius 3 is 2.56 bits per heavy atom. The van der Waals surface area contributed by atoms with Crippen LogP contribution in [0.4, 0.5) is 5.00 Å². The van der Waals surface area contributed by atoms with Gasteiger partial charge in [-0.25, -0.2) is 9.59 Å². The molecule has 0 atom stereocenters. The predicted molar refractivity (Wildman–Crippen MR) is 132 cm³/mol. The Kier molecular flexibility index (Phi) is 6.79. The molecule has 34 heavy (non-hydrogen) atoms. The van der Waals surface area contributed by atoms with Gasteiger partial charge in [0.1, 0.15) is 21.9 Å². The van der Waals surface area contributed by atoms with Crippen LogP contribution in [0.1, 0.15) is 28.4 Å². The second kappa shape index (κ2) is 9.93. The van der Waals surface area contributed by atoms with E-state index in [4.69, 9.17) is 13.9 Å². The molecule has 1 N–H and O–H groups in total. The van der Waals surface area contributed by atoms with Crippen LogP contribution in [0.2, 0.25) is 0 Å². The number of esters is 1. The highest BCUT2D eigenvalue weighted by molar-refractivity contribution is 7.15. The molecule has 8 heteroatoms. The van der Waals surface area contributed by atoms with Crippen LogP contribution in [0.25, 0.3) is 22.1 Å². The number of fused-ring (bicyclic) bond motifs is 1. The van der Waals surface area contributed by atoms with E-state index >= 15 is 0 Å². The smallest absolute Gasteiger partial charge is 0.341 e. The van der Waals surface area contributed by atoms with Gasteiger partial charge in [-0.2, -0.15) is 0 Å². The number of benzene rings is 2. The van der Waals surface area contributed by atoms with Gasteiger partial charge in [0, 0.05) is 28.5 Å². The molecule has 0 aliphatic heterocycles. The van der Waals surface area contributed by atoms with Crippen LogP contribution < -0.4 is 15.7 Å². The van der Waals surface area contributed by atoms with Gasteiger partial charge in [0.25, 0.3) is 5.91 Å². The van der Waals surface area contributed by atoms with E-state index in [1.807, 2.05) is 36.6 Å². The van der Waals surface area contributed by atoms with Crippen LogP contribution in [0.3, 0.4) is 0 Å². The van der Waals surface area contributed by atoms with Crippen molar-refractivity contribution in [3.8, 4) is 16.9 Å². The fourth-order valence-electron chi connectivity index (χ4n) is 3.59. The Morgan fingerprint density at radius 1 is 1.09 bits per heavy atom. The number of anilines is 1. The summed E-state index contributed by atoms with van der Waals surface area (Å²) < 4.78 is 15.8. The van der Waals surface area contributed by atoms with Crippen molar-refractivity contribution in [1.82, 2.24) is 0 Å². The molecule has 1 amide bonds. The number of thiophene rings is 1. The summed E-state index contributed by atoms with van der Waals surface area (Å²) >= 11 is 1.24. The molecule has 2 aromatic carbocycles. The van der Waals surface area contributed by atoms with E-state index in [-0.39, 0.29) is 6.61 Å². The van der Waals surface area contributed by atoms with E-state index in [1.165, 1.54) is 30.1 Å². The number of carbonyl (C=O) groups excluding carboxylic acids is 2. The van der Waals surface area contributed by atoms with Gasteiger partial charge in [0.15, 0.2) is 6.61 Å². The molecule has 4 aromatic rings. The highest BCUT2D eigenvalue weighted by atomic mass is 32.1. The molecule has 0 unspecified atom stereocenters. The highest BCUT2D eigenvalue weighted by Gasteiger charge is 2.22. The number of hydrogen-bond donors (Lipinski definition) is 1. The summed E-state index contributed by atoms with van der Waals surface area (Å²) in [6.45, 7) is 3.60. The minimum Gasteiger partial charge on any atom is -0.484 e. The Balaban J connectivity index is 1.51. The van der Waals surface area contributed by atoms with Crippen molar-refractivity contribution in [2.24, 2.45) is 0 Å². The van der Waals surface area contributed by atoms with Crippen LogP contribution in [-0.2, 0) is 16.0 Å². The first kappa shape index (κ1) is 23.3. The largest absolute Gasteiger partial charge is 0.484 e. The molecular formula is C26H23NO6S. The van der Waals surface area contributed by atoms with Gasteiger partial charge < -0.3 is 19.2 Å². The number of amides is 1. The number of hydrogen-bond acceptors (Lipinski definition) is 7. The average molecular weight is 478 g/mol. The van der Waals surface area contributed by atoms with Crippen LogP contribution in [0.5, 0.6) is 5.75 Å². The third kappa shape index (κ3) is 4.87. The Morgan fingerprint density at radius 2 is 1.85 bits per heavy atom. The van der Waals surface area contributed by atoms with Crippen molar-refractivity contribution in [1.29, 1.82) is 0 Å². The summed E-state index contributed by atoms with van der Waals surface area (Å²) in [5, 5.41) is 5.73. The van der Waals surface area contributed by atoms with Gasteiger partial charge >= 0.3 is 11.6 Å². The number of ether oxygens (including phenoxy) is 2. The lowest BCUT2D eigenvalue weighted by molar-refractivity contribution is -0.118. The molecule has 174 valence electrons. The van der Waals surface area contributed by atoms with E-state index in [9.17, 15) is 14.4 Å². The zero-order valence-corrected chi connectivity index (χ0v) is 19.8. The van der Waals surface area contributed by atoms with Gasteiger partial charge in [-0.15, -0.1) is 11.3 Å². The zero-order chi connectivity index (χ0) is 24.2. The van der Waals surface area contributed by atoms with E-state index in [0.29, 0.717) is 27.5 Å². The first-order valence-electron chi connectivity index (χ1n) is 10.7. The molecule has 0 spiro atoms. The van der Waals surface area contributed by atoms with Crippen molar-refractivity contribution in [3.05, 3.63) is 81.0 Å². The van der Waals surface area contributed by atoms with Crippen molar-refractivity contribution in [2.75, 3.05) is 19.0 Å².